The Bertz CT molecular complexity index is 858. The molecule has 1 fully saturated rings. The number of nitrogens with zero attached hydrogens (tertiary/aromatic N) is 1. The molecule has 0 aromatic heterocycles. The molecule has 1 heterocycles. The first kappa shape index (κ1) is 26.1. The van der Waals surface area contributed by atoms with Crippen molar-refractivity contribution >= 4 is 17.3 Å². The largest absolute Gasteiger partial charge is 0.488 e. The second-order valence-electron chi connectivity index (χ2n) is 7.52. The second kappa shape index (κ2) is 13.4. The van der Waals surface area contributed by atoms with E-state index in [2.05, 4.69) is 5.16 Å². The number of oxime groups is 1. The molecule has 1 saturated heterocycles. The first-order valence-electron chi connectivity index (χ1n) is 10.4. The van der Waals surface area contributed by atoms with Crippen molar-refractivity contribution in [3.63, 3.8) is 0 Å². The highest BCUT2D eigenvalue weighted by atomic mass is 35.5. The molecular weight excluding hydrogens is 434 g/mol. The van der Waals surface area contributed by atoms with E-state index in [1.165, 1.54) is 7.11 Å². The first-order valence-corrected chi connectivity index (χ1v) is 10.8. The van der Waals surface area contributed by atoms with Gasteiger partial charge in [-0.25, -0.2) is 0 Å². The smallest absolute Gasteiger partial charge is 0.129 e. The van der Waals surface area contributed by atoms with Gasteiger partial charge < -0.3 is 29.6 Å². The summed E-state index contributed by atoms with van der Waals surface area (Å²) in [4.78, 5) is 4.72. The van der Waals surface area contributed by atoms with Crippen molar-refractivity contribution in [1.29, 1.82) is 0 Å². The van der Waals surface area contributed by atoms with Crippen LogP contribution in [0.4, 0.5) is 0 Å². The van der Waals surface area contributed by atoms with Crippen molar-refractivity contribution < 1.29 is 29.6 Å². The Balaban J connectivity index is 0.00000176. The van der Waals surface area contributed by atoms with Crippen molar-refractivity contribution in [2.75, 3.05) is 27.4 Å². The molecule has 2 aromatic rings. The number of benzene rings is 2. The maximum absolute atomic E-state index is 10.1. The van der Waals surface area contributed by atoms with E-state index in [1.54, 1.807) is 0 Å². The van der Waals surface area contributed by atoms with Gasteiger partial charge in [0.15, 0.2) is 0 Å². The fraction of sp³-hybridized carbons (Fsp3) is 0.458. The Kier molecular flexibility index (Phi) is 10.9. The maximum atomic E-state index is 10.1. The van der Waals surface area contributed by atoms with Gasteiger partial charge in [-0.2, -0.15) is 0 Å². The molecule has 3 N–H and O–H groups in total. The Hall–Kier alpha value is -2.16. The van der Waals surface area contributed by atoms with Crippen LogP contribution in [0, 0.1) is 0 Å². The van der Waals surface area contributed by atoms with Crippen LogP contribution in [0.2, 0.25) is 5.02 Å². The Morgan fingerprint density at radius 3 is 2.53 bits per heavy atom. The van der Waals surface area contributed by atoms with Crippen LogP contribution in [-0.2, 0) is 16.0 Å². The van der Waals surface area contributed by atoms with Gasteiger partial charge in [0.25, 0.3) is 0 Å². The number of halogens is 1. The predicted molar refractivity (Wildman–Crippen MR) is 124 cm³/mol. The van der Waals surface area contributed by atoms with E-state index < -0.39 is 6.10 Å². The summed E-state index contributed by atoms with van der Waals surface area (Å²) < 4.78 is 11.6. The van der Waals surface area contributed by atoms with Crippen molar-refractivity contribution in [3.8, 4) is 5.75 Å². The van der Waals surface area contributed by atoms with Crippen LogP contribution < -0.4 is 4.74 Å². The SMILES string of the molecule is CO.CO/N=C(\C)COc1ccc(Cc2cc(C3CC(O)CC(CO)O3)ccc2Cl)cc1. The summed E-state index contributed by atoms with van der Waals surface area (Å²) in [6.45, 7) is 2.10. The van der Waals surface area contributed by atoms with Gasteiger partial charge in [-0.05, 0) is 48.2 Å². The molecule has 1 aliphatic heterocycles. The van der Waals surface area contributed by atoms with Gasteiger partial charge in [-0.1, -0.05) is 41.0 Å². The molecule has 0 radical (unpaired) electrons. The average molecular weight is 466 g/mol. The van der Waals surface area contributed by atoms with Crippen molar-refractivity contribution in [3.05, 3.63) is 64.2 Å². The van der Waals surface area contributed by atoms with Crippen LogP contribution in [0.25, 0.3) is 0 Å². The van der Waals surface area contributed by atoms with E-state index in [0.29, 0.717) is 30.9 Å². The van der Waals surface area contributed by atoms with Crippen LogP contribution in [0.5, 0.6) is 5.75 Å². The van der Waals surface area contributed by atoms with Crippen molar-refractivity contribution in [1.82, 2.24) is 0 Å². The van der Waals surface area contributed by atoms with Gasteiger partial charge in [-0.3, -0.25) is 0 Å². The highest BCUT2D eigenvalue weighted by molar-refractivity contribution is 6.31. The third kappa shape index (κ3) is 7.76. The molecular formula is C24H32ClNO6. The minimum Gasteiger partial charge on any atom is -0.488 e. The first-order chi connectivity index (χ1) is 15.5. The lowest BCUT2D eigenvalue weighted by atomic mass is 9.94. The molecule has 0 amide bonds. The van der Waals surface area contributed by atoms with E-state index in [0.717, 1.165) is 35.3 Å². The van der Waals surface area contributed by atoms with Gasteiger partial charge in [0, 0.05) is 25.0 Å². The molecule has 3 rings (SSSR count). The number of rotatable bonds is 8. The summed E-state index contributed by atoms with van der Waals surface area (Å²) in [5.74, 6) is 0.754. The molecule has 176 valence electrons. The van der Waals surface area contributed by atoms with E-state index >= 15 is 0 Å². The van der Waals surface area contributed by atoms with Gasteiger partial charge >= 0.3 is 0 Å². The highest BCUT2D eigenvalue weighted by Gasteiger charge is 2.29. The fourth-order valence-corrected chi connectivity index (χ4v) is 3.73. The van der Waals surface area contributed by atoms with Gasteiger partial charge in [-0.15, -0.1) is 0 Å². The lowest BCUT2D eigenvalue weighted by molar-refractivity contribution is -0.113. The summed E-state index contributed by atoms with van der Waals surface area (Å²) in [6, 6.07) is 13.6. The topological polar surface area (TPSA) is 101 Å². The maximum Gasteiger partial charge on any atom is 0.129 e. The molecule has 0 aliphatic carbocycles. The van der Waals surface area contributed by atoms with Crippen LogP contribution in [0.15, 0.2) is 47.6 Å². The summed E-state index contributed by atoms with van der Waals surface area (Å²) >= 11 is 6.44. The Morgan fingerprint density at radius 1 is 1.16 bits per heavy atom. The molecule has 3 unspecified atom stereocenters. The van der Waals surface area contributed by atoms with Crippen LogP contribution >= 0.6 is 11.6 Å². The fourth-order valence-electron chi connectivity index (χ4n) is 3.55. The van der Waals surface area contributed by atoms with E-state index in [1.807, 2.05) is 49.4 Å². The number of aliphatic hydroxyl groups is 3. The zero-order valence-corrected chi connectivity index (χ0v) is 19.5. The normalized spacial score (nSPS) is 20.8. The molecule has 8 heteroatoms. The predicted octanol–water partition coefficient (Wildman–Crippen LogP) is 3.51. The zero-order valence-electron chi connectivity index (χ0n) is 18.7. The third-order valence-corrected chi connectivity index (χ3v) is 5.40. The van der Waals surface area contributed by atoms with Crippen LogP contribution in [0.3, 0.4) is 0 Å². The molecule has 0 saturated carbocycles. The number of hydrogen-bond donors (Lipinski definition) is 3. The Morgan fingerprint density at radius 2 is 1.88 bits per heavy atom. The standard InChI is InChI=1S/C23H28ClNO5.CH4O/c1-15(25-28-2)14-29-20-6-3-16(4-7-20)9-18-10-17(5-8-22(18)24)23-12-19(27)11-21(13-26)30-23;1-2/h3-8,10,19,21,23,26-27H,9,11-14H2,1-2H3;2H,1H3/b25-15+;. The van der Waals surface area contributed by atoms with Gasteiger partial charge in [0.2, 0.25) is 0 Å². The average Bonchev–Trinajstić information content (AvgIpc) is 2.81. The molecule has 1 aliphatic rings. The lowest BCUT2D eigenvalue weighted by Crippen LogP contribution is -2.33. The molecule has 0 bridgehead atoms. The van der Waals surface area contributed by atoms with Gasteiger partial charge in [0.1, 0.15) is 19.5 Å². The minimum absolute atomic E-state index is 0.0979. The summed E-state index contributed by atoms with van der Waals surface area (Å²) in [5, 5.41) is 31.0. The minimum atomic E-state index is -0.481. The zero-order chi connectivity index (χ0) is 23.5. The highest BCUT2D eigenvalue weighted by Crippen LogP contribution is 2.33. The molecule has 2 aromatic carbocycles. The molecule has 7 nitrogen and oxygen atoms in total. The van der Waals surface area contributed by atoms with Gasteiger partial charge in [0.05, 0.1) is 30.6 Å². The monoisotopic (exact) mass is 465 g/mol. The van der Waals surface area contributed by atoms with E-state index in [9.17, 15) is 10.2 Å². The summed E-state index contributed by atoms with van der Waals surface area (Å²) in [6.07, 6.45) is 0.548. The van der Waals surface area contributed by atoms with E-state index in [4.69, 9.17) is 31.0 Å². The van der Waals surface area contributed by atoms with Crippen molar-refractivity contribution in [2.24, 2.45) is 5.16 Å². The molecule has 3 atom stereocenters. The lowest BCUT2D eigenvalue weighted by Gasteiger charge is -2.32. The number of aliphatic hydroxyl groups excluding tert-OH is 3. The quantitative estimate of drug-likeness (QED) is 0.407. The summed E-state index contributed by atoms with van der Waals surface area (Å²) in [7, 11) is 2.51. The number of hydrogen-bond acceptors (Lipinski definition) is 7. The van der Waals surface area contributed by atoms with Crippen molar-refractivity contribution in [2.45, 2.75) is 44.5 Å². The van der Waals surface area contributed by atoms with Crippen LogP contribution in [-0.4, -0.2) is 60.7 Å². The summed E-state index contributed by atoms with van der Waals surface area (Å²) in [5.41, 5.74) is 3.79. The molecule has 32 heavy (non-hydrogen) atoms. The Labute approximate surface area is 194 Å². The second-order valence-corrected chi connectivity index (χ2v) is 7.93. The third-order valence-electron chi connectivity index (χ3n) is 5.04. The number of ether oxygens (including phenoxy) is 2. The van der Waals surface area contributed by atoms with E-state index in [-0.39, 0.29) is 18.8 Å². The molecule has 0 spiro atoms. The van der Waals surface area contributed by atoms with Crippen LogP contribution in [0.1, 0.15) is 42.6 Å².